The van der Waals surface area contributed by atoms with Gasteiger partial charge in [0.25, 0.3) is 5.91 Å². The Hall–Kier alpha value is -2.45. The Balaban J connectivity index is 1.23. The zero-order chi connectivity index (χ0) is 23.7. The second-order valence-electron chi connectivity index (χ2n) is 10.4. The normalized spacial score (nSPS) is 25.1. The van der Waals surface area contributed by atoms with Crippen molar-refractivity contribution >= 4 is 17.7 Å². The second-order valence-corrected chi connectivity index (χ2v) is 10.4. The maximum Gasteiger partial charge on any atom is 0.255 e. The van der Waals surface area contributed by atoms with Gasteiger partial charge in [0, 0.05) is 30.5 Å². The van der Waals surface area contributed by atoms with E-state index in [2.05, 4.69) is 17.1 Å². The molecule has 1 aromatic rings. The van der Waals surface area contributed by atoms with Gasteiger partial charge in [0.05, 0.1) is 13.2 Å². The van der Waals surface area contributed by atoms with Gasteiger partial charge in [0.15, 0.2) is 0 Å². The standard InChI is InChI=1S/C26H35N3O5/c1-2-3-4-20(15-28-11-9-26(10-12-28)16-33-17-26)34-19-5-6-21-18(13-19)14-29(25(21)32)22-7-8-23(30)27-24(22)31/h5-6,13,20,22H,2-4,7-12,14-17H2,1H3,(H,27,30,31). The summed E-state index contributed by atoms with van der Waals surface area (Å²) in [6.45, 7) is 7.50. The first kappa shape index (κ1) is 23.3. The lowest BCUT2D eigenvalue weighted by atomic mass is 9.77. The Morgan fingerprint density at radius 3 is 2.68 bits per heavy atom. The van der Waals surface area contributed by atoms with Crippen LogP contribution in [-0.4, -0.2) is 72.5 Å². The van der Waals surface area contributed by atoms with Gasteiger partial charge in [-0.1, -0.05) is 13.3 Å². The zero-order valence-electron chi connectivity index (χ0n) is 20.0. The number of hydrogen-bond donors (Lipinski definition) is 1. The van der Waals surface area contributed by atoms with E-state index in [1.165, 1.54) is 12.8 Å². The first-order valence-corrected chi connectivity index (χ1v) is 12.7. The lowest BCUT2D eigenvalue weighted by molar-refractivity contribution is -0.141. The van der Waals surface area contributed by atoms with Gasteiger partial charge in [-0.15, -0.1) is 0 Å². The summed E-state index contributed by atoms with van der Waals surface area (Å²) in [5, 5.41) is 2.35. The number of unbranched alkanes of at least 4 members (excludes halogenated alkanes) is 1. The molecule has 0 aliphatic carbocycles. The summed E-state index contributed by atoms with van der Waals surface area (Å²) in [6.07, 6.45) is 6.37. The number of amides is 3. The molecule has 4 heterocycles. The summed E-state index contributed by atoms with van der Waals surface area (Å²) < 4.78 is 11.9. The quantitative estimate of drug-likeness (QED) is 0.589. The predicted octanol–water partition coefficient (Wildman–Crippen LogP) is 2.50. The fraction of sp³-hybridized carbons (Fsp3) is 0.654. The topological polar surface area (TPSA) is 88.2 Å². The van der Waals surface area contributed by atoms with Gasteiger partial charge in [0.1, 0.15) is 17.9 Å². The van der Waals surface area contributed by atoms with Gasteiger partial charge >= 0.3 is 0 Å². The van der Waals surface area contributed by atoms with Gasteiger partial charge in [-0.3, -0.25) is 24.6 Å². The Morgan fingerprint density at radius 2 is 2.00 bits per heavy atom. The number of imide groups is 1. The molecular weight excluding hydrogens is 434 g/mol. The number of carbonyl (C=O) groups excluding carboxylic acids is 3. The van der Waals surface area contributed by atoms with E-state index in [-0.39, 0.29) is 30.2 Å². The number of fused-ring (bicyclic) bond motifs is 1. The molecular formula is C26H35N3O5. The van der Waals surface area contributed by atoms with Crippen molar-refractivity contribution in [2.75, 3.05) is 32.8 Å². The molecule has 0 saturated carbocycles. The van der Waals surface area contributed by atoms with Crippen LogP contribution in [0.15, 0.2) is 18.2 Å². The van der Waals surface area contributed by atoms with E-state index in [0.717, 1.165) is 63.4 Å². The Labute approximate surface area is 200 Å². The summed E-state index contributed by atoms with van der Waals surface area (Å²) in [4.78, 5) is 40.8. The van der Waals surface area contributed by atoms with Crippen molar-refractivity contribution in [1.29, 1.82) is 0 Å². The molecule has 3 fully saturated rings. The summed E-state index contributed by atoms with van der Waals surface area (Å²) in [7, 11) is 0. The van der Waals surface area contributed by atoms with Crippen LogP contribution in [0, 0.1) is 5.41 Å². The number of ether oxygens (including phenoxy) is 2. The molecule has 5 rings (SSSR count). The lowest BCUT2D eigenvalue weighted by Gasteiger charge is -2.47. The third-order valence-electron chi connectivity index (χ3n) is 7.87. The molecule has 4 aliphatic rings. The number of likely N-dealkylation sites (tertiary alicyclic amines) is 1. The van der Waals surface area contributed by atoms with Crippen molar-refractivity contribution in [2.24, 2.45) is 5.41 Å². The number of hydrogen-bond acceptors (Lipinski definition) is 6. The fourth-order valence-electron chi connectivity index (χ4n) is 5.61. The van der Waals surface area contributed by atoms with Crippen molar-refractivity contribution in [3.05, 3.63) is 29.3 Å². The molecule has 3 amide bonds. The summed E-state index contributed by atoms with van der Waals surface area (Å²) in [5.74, 6) is -0.0335. The van der Waals surface area contributed by atoms with Gasteiger partial charge < -0.3 is 14.4 Å². The second kappa shape index (κ2) is 9.66. The molecule has 34 heavy (non-hydrogen) atoms. The van der Waals surface area contributed by atoms with Crippen molar-refractivity contribution in [3.8, 4) is 5.75 Å². The molecule has 0 bridgehead atoms. The van der Waals surface area contributed by atoms with E-state index in [9.17, 15) is 14.4 Å². The molecule has 8 heteroatoms. The van der Waals surface area contributed by atoms with E-state index < -0.39 is 6.04 Å². The van der Waals surface area contributed by atoms with E-state index in [1.807, 2.05) is 18.2 Å². The van der Waals surface area contributed by atoms with Gasteiger partial charge in [-0.2, -0.15) is 0 Å². The third-order valence-corrected chi connectivity index (χ3v) is 7.87. The van der Waals surface area contributed by atoms with Crippen molar-refractivity contribution in [2.45, 2.75) is 70.6 Å². The molecule has 184 valence electrons. The Morgan fingerprint density at radius 1 is 1.21 bits per heavy atom. The van der Waals surface area contributed by atoms with E-state index >= 15 is 0 Å². The fourth-order valence-corrected chi connectivity index (χ4v) is 5.61. The molecule has 8 nitrogen and oxygen atoms in total. The summed E-state index contributed by atoms with van der Waals surface area (Å²) in [6, 6.07) is 5.05. The SMILES string of the molecule is CCCCC(CN1CCC2(CC1)COC2)Oc1ccc2c(c1)CN(C1CCC(=O)NC1=O)C2=O. The summed E-state index contributed by atoms with van der Waals surface area (Å²) >= 11 is 0. The van der Waals surface area contributed by atoms with E-state index in [0.29, 0.717) is 23.9 Å². The first-order chi connectivity index (χ1) is 16.5. The summed E-state index contributed by atoms with van der Waals surface area (Å²) in [5.41, 5.74) is 1.93. The number of nitrogens with zero attached hydrogens (tertiary/aromatic N) is 2. The maximum atomic E-state index is 12.9. The minimum absolute atomic E-state index is 0.105. The van der Waals surface area contributed by atoms with E-state index in [1.54, 1.807) is 4.90 Å². The molecule has 0 radical (unpaired) electrons. The average molecular weight is 470 g/mol. The molecule has 2 atom stereocenters. The molecule has 1 aromatic carbocycles. The van der Waals surface area contributed by atoms with E-state index in [4.69, 9.17) is 9.47 Å². The van der Waals surface area contributed by atoms with Gasteiger partial charge in [-0.05, 0) is 69.0 Å². The number of benzene rings is 1. The highest BCUT2D eigenvalue weighted by Gasteiger charge is 2.42. The van der Waals surface area contributed by atoms with Crippen molar-refractivity contribution in [3.63, 3.8) is 0 Å². The maximum absolute atomic E-state index is 12.9. The molecule has 0 aromatic heterocycles. The predicted molar refractivity (Wildman–Crippen MR) is 125 cm³/mol. The lowest BCUT2D eigenvalue weighted by Crippen LogP contribution is -2.52. The molecule has 4 aliphatic heterocycles. The van der Waals surface area contributed by atoms with Crippen molar-refractivity contribution < 1.29 is 23.9 Å². The van der Waals surface area contributed by atoms with Crippen LogP contribution in [0.1, 0.15) is 67.8 Å². The van der Waals surface area contributed by atoms with Crippen LogP contribution in [0.3, 0.4) is 0 Å². The largest absolute Gasteiger partial charge is 0.489 e. The minimum atomic E-state index is -0.595. The van der Waals surface area contributed by atoms with Crippen LogP contribution < -0.4 is 10.1 Å². The van der Waals surface area contributed by atoms with Gasteiger partial charge in [0.2, 0.25) is 11.8 Å². The van der Waals surface area contributed by atoms with Crippen LogP contribution in [0.4, 0.5) is 0 Å². The highest BCUT2D eigenvalue weighted by Crippen LogP contribution is 2.38. The average Bonchev–Trinajstić information content (AvgIpc) is 3.12. The van der Waals surface area contributed by atoms with Gasteiger partial charge in [-0.25, -0.2) is 0 Å². The van der Waals surface area contributed by atoms with Crippen molar-refractivity contribution in [1.82, 2.24) is 15.1 Å². The number of piperidine rings is 2. The highest BCUT2D eigenvalue weighted by atomic mass is 16.5. The number of carbonyl (C=O) groups is 3. The Kier molecular flexibility index (Phi) is 6.62. The minimum Gasteiger partial charge on any atom is -0.489 e. The molecule has 1 spiro atoms. The highest BCUT2D eigenvalue weighted by molar-refractivity contribution is 6.05. The van der Waals surface area contributed by atoms with Crippen LogP contribution in [0.5, 0.6) is 5.75 Å². The number of nitrogens with one attached hydrogen (secondary N) is 1. The molecule has 3 saturated heterocycles. The Bertz CT molecular complexity index is 950. The molecule has 2 unspecified atom stereocenters. The van der Waals surface area contributed by atoms with Crippen LogP contribution >= 0.6 is 0 Å². The zero-order valence-corrected chi connectivity index (χ0v) is 20.0. The molecule has 1 N–H and O–H groups in total. The number of rotatable bonds is 8. The van der Waals surface area contributed by atoms with Crippen LogP contribution in [0.2, 0.25) is 0 Å². The smallest absolute Gasteiger partial charge is 0.255 e. The monoisotopic (exact) mass is 469 g/mol. The first-order valence-electron chi connectivity index (χ1n) is 12.7. The third kappa shape index (κ3) is 4.70. The van der Waals surface area contributed by atoms with Crippen LogP contribution in [0.25, 0.3) is 0 Å². The van der Waals surface area contributed by atoms with Crippen LogP contribution in [-0.2, 0) is 20.9 Å².